The molecule has 1 heterocycles. The van der Waals surface area contributed by atoms with Crippen LogP contribution >= 0.6 is 0 Å². The number of hydrogen-bond acceptors (Lipinski definition) is 8. The molecule has 0 saturated carbocycles. The van der Waals surface area contributed by atoms with E-state index in [-0.39, 0.29) is 44.1 Å². The van der Waals surface area contributed by atoms with Gasteiger partial charge in [0, 0.05) is 6.07 Å². The lowest BCUT2D eigenvalue weighted by Crippen LogP contribution is -2.14. The Balaban J connectivity index is 1.60. The maximum atomic E-state index is 12.7. The van der Waals surface area contributed by atoms with Crippen molar-refractivity contribution in [1.82, 2.24) is 5.16 Å². The molecule has 0 radical (unpaired) electrons. The molecule has 164 valence electrons. The van der Waals surface area contributed by atoms with E-state index < -0.39 is 22.0 Å². The number of fused-ring (bicyclic) bond motifs is 1. The van der Waals surface area contributed by atoms with Crippen LogP contribution in [0.25, 0.3) is 10.9 Å². The van der Waals surface area contributed by atoms with E-state index >= 15 is 0 Å². The molecule has 0 saturated heterocycles. The van der Waals surface area contributed by atoms with Crippen molar-refractivity contribution in [2.24, 2.45) is 0 Å². The van der Waals surface area contributed by atoms with Crippen molar-refractivity contribution in [3.8, 4) is 11.8 Å². The molecule has 0 aliphatic heterocycles. The highest BCUT2D eigenvalue weighted by atomic mass is 32.2. The Bertz CT molecular complexity index is 1540. The summed E-state index contributed by atoms with van der Waals surface area (Å²) in [6.45, 7) is 0. The molecule has 33 heavy (non-hydrogen) atoms. The highest BCUT2D eigenvalue weighted by Gasteiger charge is 2.22. The number of nitrogens with one attached hydrogen (secondary N) is 1. The topological polar surface area (TPSA) is 160 Å². The van der Waals surface area contributed by atoms with Crippen molar-refractivity contribution in [2.45, 2.75) is 4.90 Å². The Morgan fingerprint density at radius 3 is 2.52 bits per heavy atom. The van der Waals surface area contributed by atoms with Gasteiger partial charge in [0.05, 0.1) is 28.3 Å². The minimum Gasteiger partial charge on any atom is -0.478 e. The van der Waals surface area contributed by atoms with Gasteiger partial charge in [-0.05, 0) is 42.5 Å². The van der Waals surface area contributed by atoms with Crippen molar-refractivity contribution < 1.29 is 31.8 Å². The Hall–Kier alpha value is -4.69. The molecule has 1 amide bonds. The Kier molecular flexibility index (Phi) is 5.51. The second-order valence-corrected chi connectivity index (χ2v) is 8.22. The number of rotatable bonds is 6. The van der Waals surface area contributed by atoms with Gasteiger partial charge in [-0.15, -0.1) is 0 Å². The first-order valence-electron chi connectivity index (χ1n) is 9.26. The maximum absolute atomic E-state index is 12.7. The first kappa shape index (κ1) is 21.5. The lowest BCUT2D eigenvalue weighted by Gasteiger charge is -2.08. The van der Waals surface area contributed by atoms with Crippen LogP contribution in [0, 0.1) is 11.3 Å². The van der Waals surface area contributed by atoms with Crippen LogP contribution in [0.1, 0.15) is 26.5 Å². The molecule has 11 heteroatoms. The predicted molar refractivity (Wildman–Crippen MR) is 114 cm³/mol. The van der Waals surface area contributed by atoms with Crippen LogP contribution in [-0.4, -0.2) is 30.6 Å². The van der Waals surface area contributed by atoms with Crippen LogP contribution < -0.4 is 9.50 Å². The summed E-state index contributed by atoms with van der Waals surface area (Å²) >= 11 is 0. The van der Waals surface area contributed by atoms with Gasteiger partial charge in [-0.3, -0.25) is 4.79 Å². The lowest BCUT2D eigenvalue weighted by molar-refractivity contribution is 0.0698. The van der Waals surface area contributed by atoms with Gasteiger partial charge in [0.2, 0.25) is 5.76 Å². The minimum absolute atomic E-state index is 0.0260. The van der Waals surface area contributed by atoms with Gasteiger partial charge < -0.3 is 19.1 Å². The van der Waals surface area contributed by atoms with Gasteiger partial charge in [-0.25, -0.2) is 4.79 Å². The van der Waals surface area contributed by atoms with E-state index in [1.54, 1.807) is 18.2 Å². The third-order valence-corrected chi connectivity index (χ3v) is 5.78. The zero-order chi connectivity index (χ0) is 23.6. The second-order valence-electron chi connectivity index (χ2n) is 6.67. The molecule has 0 atom stereocenters. The quantitative estimate of drug-likeness (QED) is 0.408. The fourth-order valence-electron chi connectivity index (χ4n) is 2.98. The number of aromatic carboxylic acids is 1. The number of benzene rings is 3. The van der Waals surface area contributed by atoms with Crippen molar-refractivity contribution >= 4 is 38.6 Å². The Morgan fingerprint density at radius 1 is 1.06 bits per heavy atom. The van der Waals surface area contributed by atoms with Crippen LogP contribution in [-0.2, 0) is 10.1 Å². The number of carbonyl (C=O) groups is 2. The van der Waals surface area contributed by atoms with Gasteiger partial charge >= 0.3 is 16.1 Å². The summed E-state index contributed by atoms with van der Waals surface area (Å²) in [6.07, 6.45) is 0. The average molecular weight is 463 g/mol. The van der Waals surface area contributed by atoms with Gasteiger partial charge in [-0.2, -0.15) is 13.7 Å². The number of nitrogens with zero attached hydrogens (tertiary/aromatic N) is 2. The highest BCUT2D eigenvalue weighted by molar-refractivity contribution is 7.87. The average Bonchev–Trinajstić information content (AvgIpc) is 3.23. The molecule has 4 aromatic rings. The van der Waals surface area contributed by atoms with E-state index in [2.05, 4.69) is 10.5 Å². The molecule has 3 aromatic carbocycles. The number of aromatic nitrogens is 1. The molecule has 10 nitrogen and oxygen atoms in total. The Morgan fingerprint density at radius 2 is 1.82 bits per heavy atom. The SMILES string of the molecule is N#Cc1ccc(NC(=O)c2onc3cc(OS(=O)(=O)c4ccccc4)ccc23)c(C(=O)O)c1. The largest absolute Gasteiger partial charge is 0.478 e. The molecule has 0 unspecified atom stereocenters. The summed E-state index contributed by atoms with van der Waals surface area (Å²) in [5.41, 5.74) is -0.0364. The molecule has 4 rings (SSSR count). The summed E-state index contributed by atoms with van der Waals surface area (Å²) in [7, 11) is -4.07. The zero-order valence-corrected chi connectivity index (χ0v) is 17.4. The van der Waals surface area contributed by atoms with Crippen molar-refractivity contribution in [3.63, 3.8) is 0 Å². The predicted octanol–water partition coefficient (Wildman–Crippen LogP) is 3.42. The van der Waals surface area contributed by atoms with Gasteiger partial charge in [0.15, 0.2) is 0 Å². The van der Waals surface area contributed by atoms with Crippen LogP contribution in [0.4, 0.5) is 5.69 Å². The second kappa shape index (κ2) is 8.45. The molecule has 0 fully saturated rings. The van der Waals surface area contributed by atoms with Crippen molar-refractivity contribution in [3.05, 3.63) is 83.6 Å². The molecule has 0 spiro atoms. The normalized spacial score (nSPS) is 11.0. The summed E-state index contributed by atoms with van der Waals surface area (Å²) in [6, 6.07) is 17.2. The number of anilines is 1. The van der Waals surface area contributed by atoms with Crippen LogP contribution in [0.15, 0.2) is 76.1 Å². The summed E-state index contributed by atoms with van der Waals surface area (Å²) in [4.78, 5) is 24.1. The van der Waals surface area contributed by atoms with Gasteiger partial charge in [-0.1, -0.05) is 23.4 Å². The summed E-state index contributed by atoms with van der Waals surface area (Å²) in [5.74, 6) is -2.36. The smallest absolute Gasteiger partial charge is 0.339 e. The standard InChI is InChI=1S/C22H13N3O7S/c23-12-13-6-9-18(17(10-13)22(27)28)24-21(26)20-16-8-7-14(11-19(16)25-31-20)32-33(29,30)15-4-2-1-3-5-15/h1-11H,(H,24,26)(H,27,28). The minimum atomic E-state index is -4.07. The van der Waals surface area contributed by atoms with Gasteiger partial charge in [0.1, 0.15) is 16.2 Å². The number of nitriles is 1. The van der Waals surface area contributed by atoms with Crippen molar-refractivity contribution in [1.29, 1.82) is 5.26 Å². The first-order chi connectivity index (χ1) is 15.8. The third-order valence-electron chi connectivity index (χ3n) is 4.52. The van der Waals surface area contributed by atoms with E-state index in [0.717, 1.165) is 6.07 Å². The third kappa shape index (κ3) is 4.36. The molecular weight excluding hydrogens is 450 g/mol. The fraction of sp³-hybridized carbons (Fsp3) is 0. The van der Waals surface area contributed by atoms with Crippen LogP contribution in [0.3, 0.4) is 0 Å². The summed E-state index contributed by atoms with van der Waals surface area (Å²) in [5, 5.41) is 24.7. The number of carboxylic acids is 1. The number of carboxylic acid groups (broad SMARTS) is 1. The number of amides is 1. The van der Waals surface area contributed by atoms with E-state index in [0.29, 0.717) is 0 Å². The Labute approximate surface area is 186 Å². The van der Waals surface area contributed by atoms with E-state index in [1.807, 2.05) is 6.07 Å². The van der Waals surface area contributed by atoms with Crippen LogP contribution in [0.5, 0.6) is 5.75 Å². The lowest BCUT2D eigenvalue weighted by atomic mass is 10.1. The van der Waals surface area contributed by atoms with Crippen LogP contribution in [0.2, 0.25) is 0 Å². The molecule has 0 aliphatic rings. The monoisotopic (exact) mass is 463 g/mol. The zero-order valence-electron chi connectivity index (χ0n) is 16.6. The number of carbonyl (C=O) groups excluding carboxylic acids is 1. The maximum Gasteiger partial charge on any atom is 0.339 e. The van der Waals surface area contributed by atoms with E-state index in [1.165, 1.54) is 42.5 Å². The molecule has 0 aliphatic carbocycles. The molecule has 0 bridgehead atoms. The summed E-state index contributed by atoms with van der Waals surface area (Å²) < 4.78 is 35.0. The van der Waals surface area contributed by atoms with Crippen molar-refractivity contribution in [2.75, 3.05) is 5.32 Å². The first-order valence-corrected chi connectivity index (χ1v) is 10.7. The van der Waals surface area contributed by atoms with E-state index in [4.69, 9.17) is 14.0 Å². The molecule has 2 N–H and O–H groups in total. The van der Waals surface area contributed by atoms with Gasteiger partial charge in [0.25, 0.3) is 5.91 Å². The van der Waals surface area contributed by atoms with E-state index in [9.17, 15) is 23.1 Å². The number of hydrogen-bond donors (Lipinski definition) is 2. The highest BCUT2D eigenvalue weighted by Crippen LogP contribution is 2.27. The fourth-order valence-corrected chi connectivity index (χ4v) is 3.92. The molecular formula is C22H13N3O7S. The molecule has 1 aromatic heterocycles.